The van der Waals surface area contributed by atoms with Crippen LogP contribution in [0.1, 0.15) is 25.0 Å². The molecular formula is C27H33N5O2. The third kappa shape index (κ3) is 9.88. The zero-order valence-electron chi connectivity index (χ0n) is 20.3. The highest BCUT2D eigenvalue weighted by Gasteiger charge is 2.02. The Balaban J connectivity index is 0.000000374. The largest absolute Gasteiger partial charge is 0.489 e. The van der Waals surface area contributed by atoms with Gasteiger partial charge >= 0.3 is 0 Å². The first-order valence-electron chi connectivity index (χ1n) is 11.0. The third-order valence-electron chi connectivity index (χ3n) is 4.13. The average Bonchev–Trinajstić information content (AvgIpc) is 2.86. The maximum Gasteiger partial charge on any atom is 0.292 e. The lowest BCUT2D eigenvalue weighted by atomic mass is 10.1. The fourth-order valence-electron chi connectivity index (χ4n) is 2.67. The molecule has 0 saturated heterocycles. The molecule has 0 bridgehead atoms. The Kier molecular flexibility index (Phi) is 13.3. The summed E-state index contributed by atoms with van der Waals surface area (Å²) in [5.74, 6) is 2.90. The summed E-state index contributed by atoms with van der Waals surface area (Å²) in [7, 11) is 0. The van der Waals surface area contributed by atoms with Gasteiger partial charge in [-0.25, -0.2) is 9.97 Å². The Labute approximate surface area is 202 Å². The van der Waals surface area contributed by atoms with E-state index in [1.165, 1.54) is 6.33 Å². The van der Waals surface area contributed by atoms with Crippen LogP contribution >= 0.6 is 0 Å². The fourth-order valence-corrected chi connectivity index (χ4v) is 2.67. The van der Waals surface area contributed by atoms with E-state index in [2.05, 4.69) is 33.8 Å². The standard InChI is InChI=1S/C16H18N4O.C9H9NO.C2H6/c1-3-8-17-15-11-16(19-12-18-15)20-13-6-5-7-14(10-13)21-9-4-2;1-7-4-3-5-8(2)9(7)11-6-10;1-2/h3-7,10-12H,1-2,8-9H2,(H2,17,18,19,20);3-5H,1-2H3;1-2H3. The van der Waals surface area contributed by atoms with Crippen LogP contribution in [0, 0.1) is 25.4 Å². The van der Waals surface area contributed by atoms with Crippen molar-refractivity contribution >= 4 is 17.3 Å². The van der Waals surface area contributed by atoms with Crippen molar-refractivity contribution in [3.8, 4) is 17.8 Å². The monoisotopic (exact) mass is 459 g/mol. The number of para-hydroxylation sites is 1. The van der Waals surface area contributed by atoms with E-state index < -0.39 is 0 Å². The molecule has 2 N–H and O–H groups in total. The number of nitrogens with one attached hydrogen (secondary N) is 2. The molecule has 178 valence electrons. The number of ether oxygens (including phenoxy) is 2. The summed E-state index contributed by atoms with van der Waals surface area (Å²) < 4.78 is 10.3. The number of rotatable bonds is 9. The summed E-state index contributed by atoms with van der Waals surface area (Å²) >= 11 is 0. The highest BCUT2D eigenvalue weighted by atomic mass is 16.5. The molecule has 0 aliphatic heterocycles. The Morgan fingerprint density at radius 3 is 2.29 bits per heavy atom. The Morgan fingerprint density at radius 2 is 1.65 bits per heavy atom. The van der Waals surface area contributed by atoms with Gasteiger partial charge < -0.3 is 20.1 Å². The molecular weight excluding hydrogens is 426 g/mol. The van der Waals surface area contributed by atoms with Gasteiger partial charge in [-0.3, -0.25) is 0 Å². The second-order valence-electron chi connectivity index (χ2n) is 6.62. The number of benzene rings is 2. The quantitative estimate of drug-likeness (QED) is 0.276. The summed E-state index contributed by atoms with van der Waals surface area (Å²) in [4.78, 5) is 8.32. The van der Waals surface area contributed by atoms with Crippen molar-refractivity contribution in [3.63, 3.8) is 0 Å². The van der Waals surface area contributed by atoms with Gasteiger partial charge in [0, 0.05) is 24.4 Å². The van der Waals surface area contributed by atoms with E-state index in [4.69, 9.17) is 14.7 Å². The lowest BCUT2D eigenvalue weighted by Crippen LogP contribution is -2.02. The first-order valence-corrected chi connectivity index (χ1v) is 11.0. The Bertz CT molecular complexity index is 1000. The number of nitriles is 1. The molecule has 0 radical (unpaired) electrons. The number of hydrogen-bond acceptors (Lipinski definition) is 7. The minimum atomic E-state index is 0.479. The molecule has 0 aliphatic rings. The molecule has 0 aliphatic carbocycles. The molecule has 3 rings (SSSR count). The van der Waals surface area contributed by atoms with Gasteiger partial charge in [0.25, 0.3) is 6.26 Å². The molecule has 0 saturated carbocycles. The lowest BCUT2D eigenvalue weighted by Gasteiger charge is -2.09. The van der Waals surface area contributed by atoms with Crippen LogP contribution < -0.4 is 20.1 Å². The highest BCUT2D eigenvalue weighted by molar-refractivity contribution is 5.60. The Morgan fingerprint density at radius 1 is 0.971 bits per heavy atom. The van der Waals surface area contributed by atoms with Crippen LogP contribution in [0.4, 0.5) is 17.3 Å². The molecule has 34 heavy (non-hydrogen) atoms. The maximum absolute atomic E-state index is 8.30. The van der Waals surface area contributed by atoms with Crippen LogP contribution in [-0.2, 0) is 0 Å². The average molecular weight is 460 g/mol. The number of hydrogen-bond donors (Lipinski definition) is 2. The van der Waals surface area contributed by atoms with Crippen molar-refractivity contribution in [2.75, 3.05) is 23.8 Å². The van der Waals surface area contributed by atoms with Crippen LogP contribution in [0.5, 0.6) is 11.5 Å². The summed E-state index contributed by atoms with van der Waals surface area (Å²) in [5, 5.41) is 14.6. The molecule has 7 nitrogen and oxygen atoms in total. The van der Waals surface area contributed by atoms with Gasteiger partial charge in [-0.2, -0.15) is 0 Å². The molecule has 2 aromatic carbocycles. The predicted molar refractivity (Wildman–Crippen MR) is 140 cm³/mol. The van der Waals surface area contributed by atoms with E-state index in [1.807, 2.05) is 76.2 Å². The molecule has 0 amide bonds. The topological polar surface area (TPSA) is 92.1 Å². The summed E-state index contributed by atoms with van der Waals surface area (Å²) in [6.45, 7) is 16.3. The molecule has 0 spiro atoms. The summed E-state index contributed by atoms with van der Waals surface area (Å²) in [6, 6.07) is 15.3. The first kappa shape index (κ1) is 27.7. The molecule has 7 heteroatoms. The van der Waals surface area contributed by atoms with Crippen LogP contribution in [0.15, 0.2) is 80.2 Å². The third-order valence-corrected chi connectivity index (χ3v) is 4.13. The number of aryl methyl sites for hydroxylation is 2. The van der Waals surface area contributed by atoms with Crippen molar-refractivity contribution in [1.82, 2.24) is 9.97 Å². The minimum absolute atomic E-state index is 0.479. The van der Waals surface area contributed by atoms with Gasteiger partial charge in [0.05, 0.1) is 0 Å². The van der Waals surface area contributed by atoms with Crippen LogP contribution in [0.3, 0.4) is 0 Å². The van der Waals surface area contributed by atoms with Gasteiger partial charge in [0.15, 0.2) is 0 Å². The van der Waals surface area contributed by atoms with Gasteiger partial charge in [-0.15, -0.1) is 11.8 Å². The molecule has 0 fully saturated rings. The van der Waals surface area contributed by atoms with Crippen molar-refractivity contribution in [2.24, 2.45) is 0 Å². The van der Waals surface area contributed by atoms with Crippen molar-refractivity contribution in [2.45, 2.75) is 27.7 Å². The zero-order valence-corrected chi connectivity index (χ0v) is 20.3. The predicted octanol–water partition coefficient (Wildman–Crippen LogP) is 6.57. The van der Waals surface area contributed by atoms with Crippen LogP contribution in [0.2, 0.25) is 0 Å². The molecule has 0 unspecified atom stereocenters. The fraction of sp³-hybridized carbons (Fsp3) is 0.222. The second-order valence-corrected chi connectivity index (χ2v) is 6.62. The van der Waals surface area contributed by atoms with Crippen molar-refractivity contribution in [1.29, 1.82) is 5.26 Å². The normalized spacial score (nSPS) is 9.03. The summed E-state index contributed by atoms with van der Waals surface area (Å²) in [6.07, 6.45) is 6.66. The van der Waals surface area contributed by atoms with Crippen LogP contribution in [-0.4, -0.2) is 23.1 Å². The van der Waals surface area contributed by atoms with Gasteiger partial charge in [0.2, 0.25) is 0 Å². The van der Waals surface area contributed by atoms with E-state index in [1.54, 1.807) is 18.4 Å². The zero-order chi connectivity index (χ0) is 25.2. The summed E-state index contributed by atoms with van der Waals surface area (Å²) in [5.41, 5.74) is 2.88. The van der Waals surface area contributed by atoms with Crippen LogP contribution in [0.25, 0.3) is 0 Å². The number of aromatic nitrogens is 2. The first-order chi connectivity index (χ1) is 16.6. The van der Waals surface area contributed by atoms with Gasteiger partial charge in [-0.1, -0.05) is 56.8 Å². The van der Waals surface area contributed by atoms with E-state index in [9.17, 15) is 0 Å². The number of anilines is 3. The van der Waals surface area contributed by atoms with E-state index in [0.717, 1.165) is 28.4 Å². The van der Waals surface area contributed by atoms with Gasteiger partial charge in [-0.05, 0) is 37.1 Å². The van der Waals surface area contributed by atoms with E-state index in [0.29, 0.717) is 24.7 Å². The number of nitrogens with zero attached hydrogens (tertiary/aromatic N) is 3. The maximum atomic E-state index is 8.30. The second kappa shape index (κ2) is 16.3. The SMILES string of the molecule is C=CCNc1cc(Nc2cccc(OCC=C)c2)ncn1.CC.Cc1cccc(C)c1OC#N. The lowest BCUT2D eigenvalue weighted by molar-refractivity contribution is 0.363. The minimum Gasteiger partial charge on any atom is -0.489 e. The van der Waals surface area contributed by atoms with E-state index >= 15 is 0 Å². The van der Waals surface area contributed by atoms with Crippen molar-refractivity contribution < 1.29 is 9.47 Å². The smallest absolute Gasteiger partial charge is 0.292 e. The molecule has 1 aromatic heterocycles. The Hall–Kier alpha value is -4.31. The highest BCUT2D eigenvalue weighted by Crippen LogP contribution is 2.22. The van der Waals surface area contributed by atoms with E-state index in [-0.39, 0.29) is 0 Å². The molecule has 1 heterocycles. The molecule has 0 atom stereocenters. The van der Waals surface area contributed by atoms with Gasteiger partial charge in [0.1, 0.15) is 36.1 Å². The molecule has 3 aromatic rings. The van der Waals surface area contributed by atoms with Crippen molar-refractivity contribution in [3.05, 3.63) is 91.3 Å².